The van der Waals surface area contributed by atoms with Crippen molar-refractivity contribution < 1.29 is 4.42 Å². The van der Waals surface area contributed by atoms with Crippen LogP contribution in [0.3, 0.4) is 0 Å². The first kappa shape index (κ1) is 31.0. The monoisotopic (exact) mass is 736 g/mol. The van der Waals surface area contributed by atoms with E-state index in [1.165, 1.54) is 10.1 Å². The van der Waals surface area contributed by atoms with Gasteiger partial charge in [0.25, 0.3) is 0 Å². The van der Waals surface area contributed by atoms with Gasteiger partial charge in [0.1, 0.15) is 22.2 Å². The summed E-state index contributed by atoms with van der Waals surface area (Å²) < 4.78 is 11.9. The smallest absolute Gasteiger partial charge is 0.227 e. The topological polar surface area (TPSA) is 74.6 Å². The molecule has 0 unspecified atom stereocenters. The molecule has 8 heteroatoms. The first-order chi connectivity index (χ1) is 27.7. The van der Waals surface area contributed by atoms with Gasteiger partial charge in [-0.3, -0.25) is 9.13 Å². The van der Waals surface area contributed by atoms with Crippen LogP contribution in [0.1, 0.15) is 0 Å². The van der Waals surface area contributed by atoms with Crippen molar-refractivity contribution in [3.05, 3.63) is 170 Å². The molecule has 0 fully saturated rings. The minimum atomic E-state index is 0.591. The summed E-state index contributed by atoms with van der Waals surface area (Å²) in [7, 11) is 0. The van der Waals surface area contributed by atoms with E-state index in [9.17, 15) is 0 Å². The molecule has 0 atom stereocenters. The van der Waals surface area contributed by atoms with Crippen LogP contribution in [0.5, 0.6) is 0 Å². The summed E-state index contributed by atoms with van der Waals surface area (Å²) in [5, 5.41) is 5.50. The zero-order valence-electron chi connectivity index (χ0n) is 29.7. The van der Waals surface area contributed by atoms with Crippen molar-refractivity contribution in [1.29, 1.82) is 0 Å². The predicted octanol–water partition coefficient (Wildman–Crippen LogP) is 12.4. The van der Waals surface area contributed by atoms with Crippen LogP contribution < -0.4 is 0 Å². The van der Waals surface area contributed by atoms with Crippen molar-refractivity contribution in [2.45, 2.75) is 0 Å². The number of hydrogen-bond acceptors (Lipinski definition) is 6. The second kappa shape index (κ2) is 12.0. The van der Waals surface area contributed by atoms with E-state index in [4.69, 9.17) is 24.4 Å². The number of imidazole rings is 1. The highest BCUT2D eigenvalue weighted by Crippen LogP contribution is 2.39. The van der Waals surface area contributed by atoms with Crippen molar-refractivity contribution in [2.75, 3.05) is 0 Å². The van der Waals surface area contributed by atoms with Gasteiger partial charge in [-0.25, -0.2) is 19.9 Å². The van der Waals surface area contributed by atoms with Crippen molar-refractivity contribution in [2.24, 2.45) is 0 Å². The van der Waals surface area contributed by atoms with E-state index in [0.29, 0.717) is 5.89 Å². The highest BCUT2D eigenvalue weighted by Gasteiger charge is 2.20. The molecule has 5 aromatic heterocycles. The van der Waals surface area contributed by atoms with Gasteiger partial charge in [0.2, 0.25) is 5.89 Å². The summed E-state index contributed by atoms with van der Waals surface area (Å²) in [6.07, 6.45) is 1.94. The van der Waals surface area contributed by atoms with Crippen LogP contribution >= 0.6 is 11.3 Å². The molecule has 0 bridgehead atoms. The van der Waals surface area contributed by atoms with Crippen LogP contribution in [0.15, 0.2) is 174 Å². The van der Waals surface area contributed by atoms with Crippen molar-refractivity contribution in [1.82, 2.24) is 29.1 Å². The number of pyridine rings is 1. The molecule has 0 amide bonds. The van der Waals surface area contributed by atoms with E-state index in [2.05, 4.69) is 137 Å². The fourth-order valence-electron chi connectivity index (χ4n) is 8.04. The second-order valence-corrected chi connectivity index (χ2v) is 15.0. The van der Waals surface area contributed by atoms with Crippen LogP contribution in [0, 0.1) is 0 Å². The molecule has 7 nitrogen and oxygen atoms in total. The number of hydrogen-bond donors (Lipinski definition) is 0. The maximum atomic E-state index is 6.23. The van der Waals surface area contributed by atoms with E-state index in [1.807, 2.05) is 42.6 Å². The third-order valence-corrected chi connectivity index (χ3v) is 11.7. The SMILES string of the molecule is c1ccc2c(-n3c(-c4ccc(-n5c6ccc(-c7nc8ccccc8o7)cc6c6cc(-c7nc8ccccc8s7)ccc65)nc4)nc4ccccc43)cccc2c1. The molecule has 262 valence electrons. The Morgan fingerprint density at radius 1 is 0.482 bits per heavy atom. The van der Waals surface area contributed by atoms with Gasteiger partial charge in [-0.15, -0.1) is 11.3 Å². The molecule has 0 saturated heterocycles. The molecular weight excluding hydrogens is 709 g/mol. The molecular formula is C48H28N6OS. The number of thiazole rings is 1. The van der Waals surface area contributed by atoms with Gasteiger partial charge in [0.15, 0.2) is 5.58 Å². The number of fused-ring (bicyclic) bond motifs is 7. The largest absolute Gasteiger partial charge is 0.436 e. The van der Waals surface area contributed by atoms with Gasteiger partial charge in [0, 0.05) is 39.0 Å². The lowest BCUT2D eigenvalue weighted by Gasteiger charge is -2.13. The number of benzene rings is 7. The Morgan fingerprint density at radius 3 is 2.04 bits per heavy atom. The van der Waals surface area contributed by atoms with Gasteiger partial charge in [-0.1, -0.05) is 72.8 Å². The molecule has 56 heavy (non-hydrogen) atoms. The summed E-state index contributed by atoms with van der Waals surface area (Å²) in [5.41, 5.74) is 10.6. The second-order valence-electron chi connectivity index (χ2n) is 13.9. The maximum Gasteiger partial charge on any atom is 0.227 e. The highest BCUT2D eigenvalue weighted by atomic mass is 32.1. The lowest BCUT2D eigenvalue weighted by atomic mass is 10.1. The fraction of sp³-hybridized carbons (Fsp3) is 0. The van der Waals surface area contributed by atoms with Crippen molar-refractivity contribution >= 4 is 76.3 Å². The highest BCUT2D eigenvalue weighted by molar-refractivity contribution is 7.21. The summed E-state index contributed by atoms with van der Waals surface area (Å²) in [6.45, 7) is 0. The van der Waals surface area contributed by atoms with Crippen LogP contribution in [-0.2, 0) is 0 Å². The first-order valence-corrected chi connectivity index (χ1v) is 19.3. The summed E-state index contributed by atoms with van der Waals surface area (Å²) in [4.78, 5) is 20.1. The molecule has 0 N–H and O–H groups in total. The molecule has 12 aromatic rings. The molecule has 0 aliphatic rings. The Kier molecular flexibility index (Phi) is 6.66. The molecule has 5 heterocycles. The van der Waals surface area contributed by atoms with Crippen LogP contribution in [0.25, 0.3) is 110 Å². The fourth-order valence-corrected chi connectivity index (χ4v) is 9.01. The van der Waals surface area contributed by atoms with E-state index < -0.39 is 0 Å². The Labute approximate surface area is 323 Å². The average Bonchev–Trinajstić information content (AvgIpc) is 4.05. The number of para-hydroxylation sites is 5. The molecule has 7 aromatic carbocycles. The van der Waals surface area contributed by atoms with Crippen LogP contribution in [0.2, 0.25) is 0 Å². The molecule has 12 rings (SSSR count). The van der Waals surface area contributed by atoms with E-state index in [-0.39, 0.29) is 0 Å². The van der Waals surface area contributed by atoms with Gasteiger partial charge < -0.3 is 4.42 Å². The first-order valence-electron chi connectivity index (χ1n) is 18.5. The number of aromatic nitrogens is 6. The van der Waals surface area contributed by atoms with E-state index in [1.54, 1.807) is 11.3 Å². The Bertz CT molecular complexity index is 3300. The molecule has 0 spiro atoms. The normalized spacial score (nSPS) is 11.9. The van der Waals surface area contributed by atoms with Gasteiger partial charge >= 0.3 is 0 Å². The summed E-state index contributed by atoms with van der Waals surface area (Å²) in [6, 6.07) is 56.6. The number of nitrogens with zero attached hydrogens (tertiary/aromatic N) is 6. The average molecular weight is 737 g/mol. The lowest BCUT2D eigenvalue weighted by molar-refractivity contribution is 0.620. The molecule has 0 aliphatic heterocycles. The number of oxazole rings is 1. The Hall–Kier alpha value is -7.42. The standard InChI is InChI=1S/C48H28N6OS/c1-2-12-33-29(10-1)11-9-17-39(33)54-42-16-6-3-13-36(42)50-46(54)32-22-25-45(49-28-32)53-40-23-20-30(47-51-37-14-4-7-18-43(37)55-47)26-34(40)35-27-31(21-24-41(35)53)48-52-38-15-5-8-19-44(38)56-48/h1-28H. The van der Waals surface area contributed by atoms with Gasteiger partial charge in [0.05, 0.1) is 38.0 Å². The quantitative estimate of drug-likeness (QED) is 0.176. The zero-order valence-corrected chi connectivity index (χ0v) is 30.5. The minimum absolute atomic E-state index is 0.591. The Balaban J connectivity index is 1.04. The molecule has 0 aliphatic carbocycles. The maximum absolute atomic E-state index is 6.23. The molecule has 0 saturated carbocycles. The third-order valence-electron chi connectivity index (χ3n) is 10.7. The zero-order chi connectivity index (χ0) is 36.7. The van der Waals surface area contributed by atoms with E-state index in [0.717, 1.165) is 93.9 Å². The molecule has 0 radical (unpaired) electrons. The van der Waals surface area contributed by atoms with Crippen molar-refractivity contribution in [3.63, 3.8) is 0 Å². The third kappa shape index (κ3) is 4.76. The van der Waals surface area contributed by atoms with Crippen molar-refractivity contribution in [3.8, 4) is 44.9 Å². The number of rotatable bonds is 5. The summed E-state index contributed by atoms with van der Waals surface area (Å²) in [5.74, 6) is 2.24. The van der Waals surface area contributed by atoms with Gasteiger partial charge in [-0.05, 0) is 96.4 Å². The van der Waals surface area contributed by atoms with Crippen LogP contribution in [0.4, 0.5) is 0 Å². The van der Waals surface area contributed by atoms with E-state index >= 15 is 0 Å². The van der Waals surface area contributed by atoms with Crippen LogP contribution in [-0.4, -0.2) is 29.1 Å². The minimum Gasteiger partial charge on any atom is -0.436 e. The van der Waals surface area contributed by atoms with Gasteiger partial charge in [-0.2, -0.15) is 0 Å². The summed E-state index contributed by atoms with van der Waals surface area (Å²) >= 11 is 1.71. The lowest BCUT2D eigenvalue weighted by Crippen LogP contribution is -2.01. The Morgan fingerprint density at radius 2 is 1.20 bits per heavy atom. The predicted molar refractivity (Wildman–Crippen MR) is 228 cm³/mol.